The summed E-state index contributed by atoms with van der Waals surface area (Å²) in [5, 5.41) is 3.33. The van der Waals surface area contributed by atoms with Gasteiger partial charge in [-0.25, -0.2) is 0 Å². The van der Waals surface area contributed by atoms with Crippen molar-refractivity contribution in [3.05, 3.63) is 0 Å². The second kappa shape index (κ2) is 6.43. The van der Waals surface area contributed by atoms with E-state index in [1.165, 1.54) is 0 Å². The molecule has 1 rings (SSSR count). The van der Waals surface area contributed by atoms with Crippen LogP contribution in [-0.4, -0.2) is 51.7 Å². The molecule has 2 atom stereocenters. The summed E-state index contributed by atoms with van der Waals surface area (Å²) in [6, 6.07) is 0. The summed E-state index contributed by atoms with van der Waals surface area (Å²) >= 11 is 0. The Labute approximate surface area is 92.3 Å². The second-order valence-electron chi connectivity index (χ2n) is 3.85. The number of hydrogen-bond acceptors (Lipinski definition) is 4. The molecular weight excluding hydrogens is 194 g/mol. The molecule has 0 saturated carbocycles. The smallest absolute Gasteiger partial charge is 0.118 e. The van der Waals surface area contributed by atoms with Gasteiger partial charge in [-0.15, -0.1) is 0 Å². The van der Waals surface area contributed by atoms with E-state index in [2.05, 4.69) is 12.2 Å². The van der Waals surface area contributed by atoms with E-state index in [4.69, 9.17) is 14.2 Å². The molecular formula is C11H23NO3. The number of rotatable bonds is 6. The van der Waals surface area contributed by atoms with Gasteiger partial charge >= 0.3 is 0 Å². The summed E-state index contributed by atoms with van der Waals surface area (Å²) in [6.07, 6.45) is 0.997. The van der Waals surface area contributed by atoms with Gasteiger partial charge in [0.25, 0.3) is 0 Å². The fourth-order valence-electron chi connectivity index (χ4n) is 2.09. The quantitative estimate of drug-likeness (QED) is 0.714. The summed E-state index contributed by atoms with van der Waals surface area (Å²) in [7, 11) is 1.71. The van der Waals surface area contributed by atoms with E-state index in [1.54, 1.807) is 7.11 Å². The molecule has 15 heavy (non-hydrogen) atoms. The lowest BCUT2D eigenvalue weighted by Crippen LogP contribution is -2.56. The molecule has 0 aromatic carbocycles. The first-order valence-corrected chi connectivity index (χ1v) is 5.74. The highest BCUT2D eigenvalue weighted by Gasteiger charge is 2.40. The molecule has 4 nitrogen and oxygen atoms in total. The highest BCUT2D eigenvalue weighted by molar-refractivity contribution is 4.91. The van der Waals surface area contributed by atoms with Crippen LogP contribution in [0.1, 0.15) is 20.3 Å². The second-order valence-corrected chi connectivity index (χ2v) is 3.85. The maximum absolute atomic E-state index is 5.87. The Morgan fingerprint density at radius 2 is 2.27 bits per heavy atom. The molecule has 0 aromatic heterocycles. The van der Waals surface area contributed by atoms with E-state index in [0.717, 1.165) is 26.1 Å². The van der Waals surface area contributed by atoms with Gasteiger partial charge < -0.3 is 19.5 Å². The Hall–Kier alpha value is -0.160. The maximum atomic E-state index is 5.87. The Kier molecular flexibility index (Phi) is 5.53. The lowest BCUT2D eigenvalue weighted by molar-refractivity contribution is -0.176. The largest absolute Gasteiger partial charge is 0.382 e. The molecule has 0 spiro atoms. The highest BCUT2D eigenvalue weighted by atomic mass is 16.6. The van der Waals surface area contributed by atoms with Gasteiger partial charge in [-0.2, -0.15) is 0 Å². The third-order valence-corrected chi connectivity index (χ3v) is 2.93. The van der Waals surface area contributed by atoms with Crippen LogP contribution in [0, 0.1) is 0 Å². The summed E-state index contributed by atoms with van der Waals surface area (Å²) in [5.41, 5.74) is -0.295. The van der Waals surface area contributed by atoms with Crippen molar-refractivity contribution in [1.82, 2.24) is 5.32 Å². The van der Waals surface area contributed by atoms with Crippen molar-refractivity contribution in [2.75, 3.05) is 40.0 Å². The van der Waals surface area contributed by atoms with E-state index in [0.29, 0.717) is 13.2 Å². The number of morpholine rings is 1. The van der Waals surface area contributed by atoms with Crippen molar-refractivity contribution >= 4 is 0 Å². The van der Waals surface area contributed by atoms with Crippen LogP contribution < -0.4 is 5.32 Å². The van der Waals surface area contributed by atoms with Gasteiger partial charge in [-0.05, 0) is 13.3 Å². The number of nitrogens with one attached hydrogen (secondary N) is 1. The average Bonchev–Trinajstić information content (AvgIpc) is 2.30. The maximum Gasteiger partial charge on any atom is 0.118 e. The van der Waals surface area contributed by atoms with Gasteiger partial charge in [0.1, 0.15) is 11.7 Å². The van der Waals surface area contributed by atoms with Crippen LogP contribution in [0.25, 0.3) is 0 Å². The zero-order valence-electron chi connectivity index (χ0n) is 10.0. The van der Waals surface area contributed by atoms with Gasteiger partial charge in [0.05, 0.1) is 13.2 Å². The third-order valence-electron chi connectivity index (χ3n) is 2.93. The van der Waals surface area contributed by atoms with Gasteiger partial charge in [0.15, 0.2) is 0 Å². The molecule has 0 radical (unpaired) electrons. The minimum Gasteiger partial charge on any atom is -0.382 e. The summed E-state index contributed by atoms with van der Waals surface area (Å²) < 4.78 is 16.9. The van der Waals surface area contributed by atoms with Crippen LogP contribution >= 0.6 is 0 Å². The molecule has 1 aliphatic heterocycles. The van der Waals surface area contributed by atoms with Crippen LogP contribution in [0.3, 0.4) is 0 Å². The molecule has 0 bridgehead atoms. The van der Waals surface area contributed by atoms with Crippen LogP contribution in [-0.2, 0) is 14.2 Å². The minimum atomic E-state index is -0.295. The topological polar surface area (TPSA) is 39.7 Å². The minimum absolute atomic E-state index is 0.0937. The summed E-state index contributed by atoms with van der Waals surface area (Å²) in [6.45, 7) is 7.93. The van der Waals surface area contributed by atoms with Crippen molar-refractivity contribution in [2.45, 2.75) is 32.0 Å². The van der Waals surface area contributed by atoms with Crippen LogP contribution in [0.15, 0.2) is 0 Å². The van der Waals surface area contributed by atoms with Gasteiger partial charge in [0, 0.05) is 26.8 Å². The first-order valence-electron chi connectivity index (χ1n) is 5.74. The number of ether oxygens (including phenoxy) is 3. The lowest BCUT2D eigenvalue weighted by Gasteiger charge is -2.41. The highest BCUT2D eigenvalue weighted by Crippen LogP contribution is 2.24. The zero-order chi connectivity index (χ0) is 11.1. The van der Waals surface area contributed by atoms with E-state index in [1.807, 2.05) is 6.92 Å². The van der Waals surface area contributed by atoms with E-state index in [-0.39, 0.29) is 11.7 Å². The van der Waals surface area contributed by atoms with Gasteiger partial charge in [0.2, 0.25) is 0 Å². The van der Waals surface area contributed by atoms with E-state index in [9.17, 15) is 0 Å². The Bertz CT molecular complexity index is 163. The number of methoxy groups -OCH3 is 1. The van der Waals surface area contributed by atoms with Crippen LogP contribution in [0.4, 0.5) is 0 Å². The Balaban J connectivity index is 2.66. The van der Waals surface area contributed by atoms with Gasteiger partial charge in [-0.1, -0.05) is 6.92 Å². The Morgan fingerprint density at radius 3 is 2.73 bits per heavy atom. The Morgan fingerprint density at radius 1 is 1.47 bits per heavy atom. The zero-order valence-corrected chi connectivity index (χ0v) is 10.0. The predicted molar refractivity (Wildman–Crippen MR) is 59.1 cm³/mol. The van der Waals surface area contributed by atoms with Crippen molar-refractivity contribution in [3.8, 4) is 0 Å². The molecule has 90 valence electrons. The fraction of sp³-hybridized carbons (Fsp3) is 1.00. The first kappa shape index (κ1) is 12.9. The molecule has 0 aromatic rings. The lowest BCUT2D eigenvalue weighted by atomic mass is 9.93. The van der Waals surface area contributed by atoms with Crippen molar-refractivity contribution in [2.24, 2.45) is 0 Å². The van der Waals surface area contributed by atoms with Crippen molar-refractivity contribution in [1.29, 1.82) is 0 Å². The molecule has 1 heterocycles. The molecule has 0 amide bonds. The van der Waals surface area contributed by atoms with E-state index >= 15 is 0 Å². The van der Waals surface area contributed by atoms with E-state index < -0.39 is 0 Å². The molecule has 1 saturated heterocycles. The fourth-order valence-corrected chi connectivity index (χ4v) is 2.09. The summed E-state index contributed by atoms with van der Waals surface area (Å²) in [4.78, 5) is 0. The standard InChI is InChI=1S/C11H23NO3/c1-4-11(9-13-3,15-5-2)10-8-12-6-7-14-10/h10,12H,4-9H2,1-3H3. The van der Waals surface area contributed by atoms with Crippen molar-refractivity contribution < 1.29 is 14.2 Å². The molecule has 0 aliphatic carbocycles. The number of hydrogen-bond donors (Lipinski definition) is 1. The van der Waals surface area contributed by atoms with Crippen molar-refractivity contribution in [3.63, 3.8) is 0 Å². The summed E-state index contributed by atoms with van der Waals surface area (Å²) in [5.74, 6) is 0. The van der Waals surface area contributed by atoms with Crippen LogP contribution in [0.5, 0.6) is 0 Å². The molecule has 1 aliphatic rings. The first-order chi connectivity index (χ1) is 7.29. The molecule has 4 heteroatoms. The van der Waals surface area contributed by atoms with Gasteiger partial charge in [-0.3, -0.25) is 0 Å². The predicted octanol–water partition coefficient (Wildman–Crippen LogP) is 0.807. The normalized spacial score (nSPS) is 26.2. The molecule has 1 N–H and O–H groups in total. The average molecular weight is 217 g/mol. The monoisotopic (exact) mass is 217 g/mol. The molecule has 1 fully saturated rings. The van der Waals surface area contributed by atoms with Crippen LogP contribution in [0.2, 0.25) is 0 Å². The third kappa shape index (κ3) is 3.14. The molecule has 2 unspecified atom stereocenters. The SMILES string of the molecule is CCOC(CC)(COC)C1CNCCO1.